The summed E-state index contributed by atoms with van der Waals surface area (Å²) < 4.78 is 11.9. The molecule has 0 aliphatic heterocycles. The Kier molecular flexibility index (Phi) is 6.54. The number of hydrogen-bond donors (Lipinski definition) is 2. The molecule has 4 aromatic rings. The molecule has 0 aliphatic carbocycles. The summed E-state index contributed by atoms with van der Waals surface area (Å²) >= 11 is 0. The van der Waals surface area contributed by atoms with Gasteiger partial charge in [0.05, 0.1) is 36.9 Å². The Hall–Kier alpha value is -4.66. The van der Waals surface area contributed by atoms with Crippen molar-refractivity contribution in [2.45, 2.75) is 6.92 Å². The third kappa shape index (κ3) is 4.58. The van der Waals surface area contributed by atoms with Crippen LogP contribution in [0.25, 0.3) is 16.9 Å². The molecule has 4 rings (SSSR count). The van der Waals surface area contributed by atoms with Crippen LogP contribution < -0.4 is 20.5 Å². The van der Waals surface area contributed by atoms with Crippen molar-refractivity contribution in [1.82, 2.24) is 20.2 Å². The maximum absolute atomic E-state index is 13.5. The van der Waals surface area contributed by atoms with E-state index in [0.717, 1.165) is 5.56 Å². The number of methoxy groups -OCH3 is 2. The Morgan fingerprint density at radius 2 is 1.53 bits per heavy atom. The number of hydrogen-bond acceptors (Lipinski definition) is 6. The maximum Gasteiger partial charge on any atom is 0.281 e. The van der Waals surface area contributed by atoms with Crippen molar-refractivity contribution in [3.63, 3.8) is 0 Å². The zero-order valence-corrected chi connectivity index (χ0v) is 18.9. The van der Waals surface area contributed by atoms with Crippen LogP contribution in [0.5, 0.6) is 11.5 Å². The van der Waals surface area contributed by atoms with Crippen LogP contribution in [0.15, 0.2) is 83.0 Å². The molecule has 2 aromatic carbocycles. The first kappa shape index (κ1) is 22.5. The summed E-state index contributed by atoms with van der Waals surface area (Å²) in [6.45, 7) is 1.67. The first-order valence-corrected chi connectivity index (χ1v) is 10.4. The summed E-state index contributed by atoms with van der Waals surface area (Å²) in [5.41, 5.74) is 5.23. The number of ether oxygens (including phenoxy) is 2. The molecule has 2 heterocycles. The molecule has 0 saturated carbocycles. The lowest BCUT2D eigenvalue weighted by molar-refractivity contribution is 0.0954. The molecule has 0 radical (unpaired) electrons. The van der Waals surface area contributed by atoms with Gasteiger partial charge in [-0.15, -0.1) is 0 Å². The zero-order chi connectivity index (χ0) is 24.1. The van der Waals surface area contributed by atoms with E-state index >= 15 is 0 Å². The Bertz CT molecular complexity index is 1370. The van der Waals surface area contributed by atoms with Crippen LogP contribution in [0.1, 0.15) is 22.8 Å². The van der Waals surface area contributed by atoms with Gasteiger partial charge in [0.25, 0.3) is 11.5 Å². The molecule has 2 aromatic heterocycles. The van der Waals surface area contributed by atoms with Crippen molar-refractivity contribution in [3.05, 3.63) is 94.5 Å². The van der Waals surface area contributed by atoms with E-state index in [1.807, 2.05) is 12.1 Å². The number of nitrogens with zero attached hydrogens (tertiary/aromatic N) is 3. The van der Waals surface area contributed by atoms with E-state index in [0.29, 0.717) is 39.7 Å². The molecule has 9 nitrogen and oxygen atoms in total. The number of carbonyl (C=O) groups excluding carboxylic acids is 1. The fourth-order valence-electron chi connectivity index (χ4n) is 3.41. The standard InChI is InChI=1S/C25H23N5O4/c1-16(27-28-24(31)18-12-14-26-15-13-18)22-23(17-4-8-20(33-2)9-5-17)29-30(25(22)32)19-6-10-21(34-3)11-7-19/h4-15,29H,1-3H3,(H,28,31). The van der Waals surface area contributed by atoms with Crippen LogP contribution in [-0.2, 0) is 0 Å². The number of aromatic amines is 1. The second-order valence-electron chi connectivity index (χ2n) is 7.30. The van der Waals surface area contributed by atoms with Gasteiger partial charge in [-0.05, 0) is 67.6 Å². The number of benzene rings is 2. The molecule has 0 spiro atoms. The smallest absolute Gasteiger partial charge is 0.281 e. The molecular formula is C25H23N5O4. The molecule has 0 bridgehead atoms. The van der Waals surface area contributed by atoms with Crippen molar-refractivity contribution in [2.24, 2.45) is 5.10 Å². The first-order valence-electron chi connectivity index (χ1n) is 10.4. The molecular weight excluding hydrogens is 434 g/mol. The van der Waals surface area contributed by atoms with Crippen LogP contribution in [-0.4, -0.2) is 40.6 Å². The topological polar surface area (TPSA) is 111 Å². The Balaban J connectivity index is 1.77. The minimum Gasteiger partial charge on any atom is -0.497 e. The molecule has 0 saturated heterocycles. The average molecular weight is 457 g/mol. The van der Waals surface area contributed by atoms with Crippen LogP contribution in [0.2, 0.25) is 0 Å². The lowest BCUT2D eigenvalue weighted by Gasteiger charge is -2.05. The second kappa shape index (κ2) is 9.86. The summed E-state index contributed by atoms with van der Waals surface area (Å²) in [4.78, 5) is 29.8. The van der Waals surface area contributed by atoms with E-state index < -0.39 is 5.91 Å². The van der Waals surface area contributed by atoms with Gasteiger partial charge in [-0.25, -0.2) is 10.1 Å². The summed E-state index contributed by atoms with van der Waals surface area (Å²) in [6, 6.07) is 17.5. The fourth-order valence-corrected chi connectivity index (χ4v) is 3.41. The predicted molar refractivity (Wildman–Crippen MR) is 129 cm³/mol. The lowest BCUT2D eigenvalue weighted by atomic mass is 10.1. The quantitative estimate of drug-likeness (QED) is 0.326. The monoisotopic (exact) mass is 457 g/mol. The van der Waals surface area contributed by atoms with Crippen molar-refractivity contribution < 1.29 is 14.3 Å². The first-order chi connectivity index (χ1) is 16.5. The number of aromatic nitrogens is 3. The maximum atomic E-state index is 13.5. The molecule has 0 unspecified atom stereocenters. The summed E-state index contributed by atoms with van der Waals surface area (Å²) in [7, 11) is 3.17. The van der Waals surface area contributed by atoms with Gasteiger partial charge in [0.15, 0.2) is 0 Å². The number of nitrogens with one attached hydrogen (secondary N) is 2. The second-order valence-corrected chi connectivity index (χ2v) is 7.30. The van der Waals surface area contributed by atoms with E-state index in [2.05, 4.69) is 20.6 Å². The Labute approximate surface area is 195 Å². The Morgan fingerprint density at radius 1 is 0.941 bits per heavy atom. The van der Waals surface area contributed by atoms with Gasteiger partial charge in [-0.1, -0.05) is 0 Å². The Morgan fingerprint density at radius 3 is 2.12 bits per heavy atom. The van der Waals surface area contributed by atoms with Crippen molar-refractivity contribution in [3.8, 4) is 28.4 Å². The van der Waals surface area contributed by atoms with Crippen molar-refractivity contribution in [1.29, 1.82) is 0 Å². The number of amides is 1. The van der Waals surface area contributed by atoms with Crippen LogP contribution in [0.3, 0.4) is 0 Å². The number of H-pyrrole nitrogens is 1. The highest BCUT2D eigenvalue weighted by molar-refractivity contribution is 6.04. The van der Waals surface area contributed by atoms with Gasteiger partial charge in [0.2, 0.25) is 0 Å². The normalized spacial score (nSPS) is 11.2. The molecule has 9 heteroatoms. The summed E-state index contributed by atoms with van der Waals surface area (Å²) in [5, 5.41) is 7.38. The van der Waals surface area contributed by atoms with Crippen LogP contribution in [0.4, 0.5) is 0 Å². The third-order valence-corrected chi connectivity index (χ3v) is 5.23. The average Bonchev–Trinajstić information content (AvgIpc) is 3.24. The third-order valence-electron chi connectivity index (χ3n) is 5.23. The van der Waals surface area contributed by atoms with Crippen molar-refractivity contribution in [2.75, 3.05) is 14.2 Å². The van der Waals surface area contributed by atoms with Crippen molar-refractivity contribution >= 4 is 11.6 Å². The van der Waals surface area contributed by atoms with Gasteiger partial charge >= 0.3 is 0 Å². The van der Waals surface area contributed by atoms with Gasteiger partial charge in [0, 0.05) is 23.5 Å². The van der Waals surface area contributed by atoms with E-state index in [9.17, 15) is 9.59 Å². The van der Waals surface area contributed by atoms with E-state index in [4.69, 9.17) is 9.47 Å². The zero-order valence-electron chi connectivity index (χ0n) is 18.9. The lowest BCUT2D eigenvalue weighted by Crippen LogP contribution is -2.23. The number of pyridine rings is 1. The molecule has 34 heavy (non-hydrogen) atoms. The van der Waals surface area contributed by atoms with Gasteiger partial charge < -0.3 is 9.47 Å². The van der Waals surface area contributed by atoms with Gasteiger partial charge in [-0.2, -0.15) is 5.10 Å². The van der Waals surface area contributed by atoms with Crippen LogP contribution >= 0.6 is 0 Å². The molecule has 2 N–H and O–H groups in total. The minimum atomic E-state index is -0.404. The number of carbonyl (C=O) groups is 1. The highest BCUT2D eigenvalue weighted by Crippen LogP contribution is 2.24. The van der Waals surface area contributed by atoms with E-state index in [1.54, 1.807) is 69.7 Å². The minimum absolute atomic E-state index is 0.310. The number of hydrazone groups is 1. The molecule has 0 atom stereocenters. The van der Waals surface area contributed by atoms with Crippen LogP contribution in [0, 0.1) is 0 Å². The molecule has 1 amide bonds. The van der Waals surface area contributed by atoms with E-state index in [-0.39, 0.29) is 5.56 Å². The van der Waals surface area contributed by atoms with Gasteiger partial charge in [-0.3, -0.25) is 19.7 Å². The molecule has 0 fully saturated rings. The molecule has 172 valence electrons. The predicted octanol–water partition coefficient (Wildman–Crippen LogP) is 3.40. The fraction of sp³-hybridized carbons (Fsp3) is 0.120. The number of rotatable bonds is 7. The highest BCUT2D eigenvalue weighted by atomic mass is 16.5. The SMILES string of the molecule is COc1ccc(-c2[nH]n(-c3ccc(OC)cc3)c(=O)c2C(C)=NNC(=O)c2ccncc2)cc1. The largest absolute Gasteiger partial charge is 0.497 e. The van der Waals surface area contributed by atoms with E-state index in [1.165, 1.54) is 17.1 Å². The highest BCUT2D eigenvalue weighted by Gasteiger charge is 2.20. The molecule has 0 aliphatic rings. The summed E-state index contributed by atoms with van der Waals surface area (Å²) in [6.07, 6.45) is 3.04. The summed E-state index contributed by atoms with van der Waals surface area (Å²) in [5.74, 6) is 0.964. The van der Waals surface area contributed by atoms with Gasteiger partial charge in [0.1, 0.15) is 11.5 Å².